The van der Waals surface area contributed by atoms with Crippen molar-refractivity contribution in [1.29, 1.82) is 0 Å². The highest BCUT2D eigenvalue weighted by molar-refractivity contribution is 7.20. The van der Waals surface area contributed by atoms with Crippen LogP contribution in [0.3, 0.4) is 0 Å². The molecule has 9 nitrogen and oxygen atoms in total. The summed E-state index contributed by atoms with van der Waals surface area (Å²) in [5.74, 6) is 1.12. The number of fused-ring (bicyclic) bond motifs is 1. The summed E-state index contributed by atoms with van der Waals surface area (Å²) in [4.78, 5) is 37.5. The lowest BCUT2D eigenvalue weighted by Crippen LogP contribution is -2.26. The van der Waals surface area contributed by atoms with Crippen molar-refractivity contribution in [1.82, 2.24) is 29.8 Å². The number of thiophene rings is 1. The van der Waals surface area contributed by atoms with Gasteiger partial charge in [0.2, 0.25) is 5.88 Å². The van der Waals surface area contributed by atoms with Crippen LogP contribution in [0.25, 0.3) is 10.2 Å². The average molecular weight is 436 g/mol. The molecule has 0 bridgehead atoms. The number of carbonyl (C=O) groups excluding carboxylic acids is 1. The SMILES string of the molecule is COc1cc(CN(C)C(=O)c2sc3ncnc(NCc4cnccn4)c3c2C)ccn1. The summed E-state index contributed by atoms with van der Waals surface area (Å²) in [6.45, 7) is 2.84. The molecule has 0 aliphatic carbocycles. The minimum absolute atomic E-state index is 0.0730. The Balaban J connectivity index is 1.57. The fourth-order valence-corrected chi connectivity index (χ4v) is 4.33. The first-order valence-electron chi connectivity index (χ1n) is 9.54. The Morgan fingerprint density at radius 3 is 2.84 bits per heavy atom. The van der Waals surface area contributed by atoms with Crippen molar-refractivity contribution in [3.63, 3.8) is 0 Å². The van der Waals surface area contributed by atoms with Gasteiger partial charge in [0.25, 0.3) is 5.91 Å². The van der Waals surface area contributed by atoms with E-state index in [9.17, 15) is 4.79 Å². The molecule has 0 aliphatic rings. The summed E-state index contributed by atoms with van der Waals surface area (Å²) in [7, 11) is 3.34. The largest absolute Gasteiger partial charge is 0.481 e. The molecule has 0 atom stereocenters. The summed E-state index contributed by atoms with van der Waals surface area (Å²) < 4.78 is 5.17. The Labute approximate surface area is 183 Å². The van der Waals surface area contributed by atoms with Crippen LogP contribution in [0.1, 0.15) is 26.5 Å². The van der Waals surface area contributed by atoms with Crippen LogP contribution in [0.15, 0.2) is 43.2 Å². The Kier molecular flexibility index (Phi) is 5.99. The second kappa shape index (κ2) is 9.00. The van der Waals surface area contributed by atoms with Crippen molar-refractivity contribution in [2.75, 3.05) is 19.5 Å². The first-order valence-corrected chi connectivity index (χ1v) is 10.4. The van der Waals surface area contributed by atoms with Gasteiger partial charge in [-0.15, -0.1) is 11.3 Å². The van der Waals surface area contributed by atoms with Crippen LogP contribution in [-0.2, 0) is 13.1 Å². The maximum Gasteiger partial charge on any atom is 0.264 e. The van der Waals surface area contributed by atoms with Crippen LogP contribution in [0, 0.1) is 6.92 Å². The van der Waals surface area contributed by atoms with E-state index in [-0.39, 0.29) is 5.91 Å². The number of hydrogen-bond acceptors (Lipinski definition) is 9. The molecule has 0 radical (unpaired) electrons. The molecule has 4 aromatic heterocycles. The molecular formula is C21H21N7O2S. The second-order valence-electron chi connectivity index (χ2n) is 6.88. The van der Waals surface area contributed by atoms with Crippen molar-refractivity contribution >= 4 is 33.3 Å². The minimum atomic E-state index is -0.0730. The van der Waals surface area contributed by atoms with Crippen LogP contribution >= 0.6 is 11.3 Å². The normalized spacial score (nSPS) is 10.8. The number of rotatable bonds is 7. The Hall–Kier alpha value is -3.66. The molecule has 1 amide bonds. The number of carbonyl (C=O) groups is 1. The highest BCUT2D eigenvalue weighted by atomic mass is 32.1. The Bertz CT molecular complexity index is 1210. The minimum Gasteiger partial charge on any atom is -0.481 e. The molecule has 0 saturated carbocycles. The molecule has 0 fully saturated rings. The van der Waals surface area contributed by atoms with E-state index < -0.39 is 0 Å². The Morgan fingerprint density at radius 1 is 1.19 bits per heavy atom. The van der Waals surface area contributed by atoms with E-state index in [1.165, 1.54) is 17.7 Å². The van der Waals surface area contributed by atoms with E-state index >= 15 is 0 Å². The third-order valence-corrected chi connectivity index (χ3v) is 5.94. The number of nitrogens with one attached hydrogen (secondary N) is 1. The summed E-state index contributed by atoms with van der Waals surface area (Å²) in [5, 5.41) is 4.13. The number of aromatic nitrogens is 5. The van der Waals surface area contributed by atoms with Gasteiger partial charge in [-0.05, 0) is 24.1 Å². The van der Waals surface area contributed by atoms with Crippen molar-refractivity contribution in [2.45, 2.75) is 20.0 Å². The predicted molar refractivity (Wildman–Crippen MR) is 118 cm³/mol. The quantitative estimate of drug-likeness (QED) is 0.472. The molecule has 1 N–H and O–H groups in total. The molecule has 10 heteroatoms. The lowest BCUT2D eigenvalue weighted by atomic mass is 10.2. The summed E-state index contributed by atoms with van der Waals surface area (Å²) >= 11 is 1.37. The zero-order chi connectivity index (χ0) is 21.8. The van der Waals surface area contributed by atoms with Crippen molar-refractivity contribution < 1.29 is 9.53 Å². The van der Waals surface area contributed by atoms with Gasteiger partial charge in [0.1, 0.15) is 17.0 Å². The number of amides is 1. The molecule has 4 heterocycles. The molecule has 0 unspecified atom stereocenters. The van der Waals surface area contributed by atoms with Gasteiger partial charge in [-0.1, -0.05) is 0 Å². The van der Waals surface area contributed by atoms with Crippen LogP contribution < -0.4 is 10.1 Å². The van der Waals surface area contributed by atoms with E-state index in [4.69, 9.17) is 4.74 Å². The lowest BCUT2D eigenvalue weighted by molar-refractivity contribution is 0.0789. The van der Waals surface area contributed by atoms with Crippen molar-refractivity contribution in [3.05, 3.63) is 64.9 Å². The molecule has 0 aliphatic heterocycles. The molecule has 4 aromatic rings. The molecule has 0 saturated heterocycles. The van der Waals surface area contributed by atoms with Crippen molar-refractivity contribution in [2.24, 2.45) is 0 Å². The van der Waals surface area contributed by atoms with E-state index in [0.29, 0.717) is 29.7 Å². The van der Waals surface area contributed by atoms with Crippen molar-refractivity contribution in [3.8, 4) is 5.88 Å². The molecular weight excluding hydrogens is 414 g/mol. The number of ether oxygens (including phenoxy) is 1. The van der Waals surface area contributed by atoms with Crippen LogP contribution in [0.4, 0.5) is 5.82 Å². The zero-order valence-electron chi connectivity index (χ0n) is 17.4. The maximum absolute atomic E-state index is 13.2. The first kappa shape index (κ1) is 20.6. The van der Waals surface area contributed by atoms with Gasteiger partial charge >= 0.3 is 0 Å². The Morgan fingerprint density at radius 2 is 2.06 bits per heavy atom. The third kappa shape index (κ3) is 4.43. The summed E-state index contributed by atoms with van der Waals surface area (Å²) in [5.41, 5.74) is 2.59. The number of methoxy groups -OCH3 is 1. The third-order valence-electron chi connectivity index (χ3n) is 4.75. The topological polar surface area (TPSA) is 106 Å². The van der Waals surface area contributed by atoms with E-state index in [1.54, 1.807) is 43.8 Å². The summed E-state index contributed by atoms with van der Waals surface area (Å²) in [6, 6.07) is 3.69. The molecule has 31 heavy (non-hydrogen) atoms. The second-order valence-corrected chi connectivity index (χ2v) is 7.88. The first-order chi connectivity index (χ1) is 15.1. The molecule has 158 valence electrons. The van der Waals surface area contributed by atoms with Crippen LogP contribution in [0.2, 0.25) is 0 Å². The van der Waals surface area contributed by atoms with Gasteiger partial charge in [-0.3, -0.25) is 14.8 Å². The number of pyridine rings is 1. The number of hydrogen-bond donors (Lipinski definition) is 1. The van der Waals surface area contributed by atoms with E-state index in [2.05, 4.69) is 30.2 Å². The van der Waals surface area contributed by atoms with Gasteiger partial charge in [-0.2, -0.15) is 0 Å². The van der Waals surface area contributed by atoms with Crippen LogP contribution in [0.5, 0.6) is 5.88 Å². The van der Waals surface area contributed by atoms with Gasteiger partial charge < -0.3 is 15.0 Å². The lowest BCUT2D eigenvalue weighted by Gasteiger charge is -2.17. The van der Waals surface area contributed by atoms with Crippen LogP contribution in [-0.4, -0.2) is 49.9 Å². The van der Waals surface area contributed by atoms with Gasteiger partial charge in [0, 0.05) is 38.2 Å². The zero-order valence-corrected chi connectivity index (χ0v) is 18.2. The number of anilines is 1. The maximum atomic E-state index is 13.2. The highest BCUT2D eigenvalue weighted by Crippen LogP contribution is 2.34. The van der Waals surface area contributed by atoms with Gasteiger partial charge in [0.05, 0.1) is 35.8 Å². The molecule has 4 rings (SSSR count). The predicted octanol–water partition coefficient (Wildman–Crippen LogP) is 3.08. The monoisotopic (exact) mass is 435 g/mol. The average Bonchev–Trinajstić information content (AvgIpc) is 3.15. The molecule has 0 aromatic carbocycles. The molecule has 0 spiro atoms. The van der Waals surface area contributed by atoms with Gasteiger partial charge in [0.15, 0.2) is 0 Å². The number of aryl methyl sites for hydroxylation is 1. The fourth-order valence-electron chi connectivity index (χ4n) is 3.18. The highest BCUT2D eigenvalue weighted by Gasteiger charge is 2.22. The van der Waals surface area contributed by atoms with E-state index in [1.807, 2.05) is 19.1 Å². The van der Waals surface area contributed by atoms with E-state index in [0.717, 1.165) is 27.0 Å². The van der Waals surface area contributed by atoms with Gasteiger partial charge in [-0.25, -0.2) is 15.0 Å². The smallest absolute Gasteiger partial charge is 0.264 e. The number of nitrogens with zero attached hydrogens (tertiary/aromatic N) is 6. The standard InChI is InChI=1S/C21H21N7O2S/c1-13-17-19(25-10-15-9-22-6-7-23-15)26-12-27-20(17)31-18(13)21(29)28(2)11-14-4-5-24-16(8-14)30-3/h4-9,12H,10-11H2,1-3H3,(H,25,26,27). The fraction of sp³-hybridized carbons (Fsp3) is 0.238. The summed E-state index contributed by atoms with van der Waals surface area (Å²) in [6.07, 6.45) is 8.14.